The third kappa shape index (κ3) is 4.09. The summed E-state index contributed by atoms with van der Waals surface area (Å²) in [6.07, 6.45) is 1.64. The standard InChI is InChI=1S/C14H17BrN2O5/c1-17(13(19)10-4-5-11(15)22-10)7-12(18)16-9-3-2-8(6-9)14(20)21/h4-5,8-9H,2-3,6-7H2,1H3,(H,16,18)(H,20,21)/t8-,9+/m1/s1. The highest BCUT2D eigenvalue weighted by molar-refractivity contribution is 9.10. The van der Waals surface area contributed by atoms with Gasteiger partial charge in [0.15, 0.2) is 10.4 Å². The van der Waals surface area contributed by atoms with Gasteiger partial charge in [-0.2, -0.15) is 0 Å². The van der Waals surface area contributed by atoms with Crippen LogP contribution < -0.4 is 5.32 Å². The number of rotatable bonds is 5. The van der Waals surface area contributed by atoms with Crippen LogP contribution in [-0.4, -0.2) is 47.4 Å². The van der Waals surface area contributed by atoms with E-state index in [2.05, 4.69) is 21.2 Å². The molecule has 8 heteroatoms. The van der Waals surface area contributed by atoms with E-state index < -0.39 is 17.8 Å². The Bertz CT molecular complexity index is 586. The molecule has 1 fully saturated rings. The smallest absolute Gasteiger partial charge is 0.306 e. The number of carbonyl (C=O) groups excluding carboxylic acids is 2. The minimum Gasteiger partial charge on any atom is -0.481 e. The van der Waals surface area contributed by atoms with Crippen molar-refractivity contribution in [3.8, 4) is 0 Å². The summed E-state index contributed by atoms with van der Waals surface area (Å²) in [4.78, 5) is 36.1. The Labute approximate surface area is 135 Å². The molecule has 2 rings (SSSR count). The maximum atomic E-state index is 12.0. The van der Waals surface area contributed by atoms with E-state index in [1.807, 2.05) is 0 Å². The lowest BCUT2D eigenvalue weighted by atomic mass is 10.1. The molecule has 1 aliphatic rings. The molecule has 1 aliphatic carbocycles. The molecule has 1 heterocycles. The van der Waals surface area contributed by atoms with Crippen LogP contribution in [-0.2, 0) is 9.59 Å². The fourth-order valence-corrected chi connectivity index (χ4v) is 2.82. The topological polar surface area (TPSA) is 99.9 Å². The molecule has 0 aliphatic heterocycles. The van der Waals surface area contributed by atoms with E-state index >= 15 is 0 Å². The number of hydrogen-bond acceptors (Lipinski definition) is 4. The SMILES string of the molecule is CN(CC(=O)N[C@H]1CC[C@@H](C(=O)O)C1)C(=O)c1ccc(Br)o1. The van der Waals surface area contributed by atoms with Gasteiger partial charge in [0.2, 0.25) is 5.91 Å². The van der Waals surface area contributed by atoms with E-state index in [4.69, 9.17) is 9.52 Å². The molecular formula is C14H17BrN2O5. The first-order valence-corrected chi connectivity index (χ1v) is 7.69. The van der Waals surface area contributed by atoms with Crippen molar-refractivity contribution in [3.05, 3.63) is 22.6 Å². The summed E-state index contributed by atoms with van der Waals surface area (Å²) >= 11 is 3.11. The van der Waals surface area contributed by atoms with E-state index in [1.165, 1.54) is 18.0 Å². The van der Waals surface area contributed by atoms with Crippen LogP contribution in [0.2, 0.25) is 0 Å². The van der Waals surface area contributed by atoms with Gasteiger partial charge in [0.25, 0.3) is 5.91 Å². The van der Waals surface area contributed by atoms with Crippen molar-refractivity contribution in [1.29, 1.82) is 0 Å². The van der Waals surface area contributed by atoms with Crippen LogP contribution in [0.3, 0.4) is 0 Å². The molecule has 0 bridgehead atoms. The van der Waals surface area contributed by atoms with Crippen molar-refractivity contribution in [2.75, 3.05) is 13.6 Å². The van der Waals surface area contributed by atoms with Gasteiger partial charge in [-0.05, 0) is 47.3 Å². The summed E-state index contributed by atoms with van der Waals surface area (Å²) < 4.78 is 5.59. The summed E-state index contributed by atoms with van der Waals surface area (Å²) in [5, 5.41) is 11.7. The maximum Gasteiger partial charge on any atom is 0.306 e. The molecule has 0 saturated heterocycles. The highest BCUT2D eigenvalue weighted by atomic mass is 79.9. The average molecular weight is 373 g/mol. The lowest BCUT2D eigenvalue weighted by Crippen LogP contribution is -2.42. The Balaban J connectivity index is 1.82. The third-order valence-corrected chi connectivity index (χ3v) is 4.08. The number of halogens is 1. The molecule has 2 amide bonds. The molecule has 1 aromatic heterocycles. The zero-order valence-electron chi connectivity index (χ0n) is 12.0. The van der Waals surface area contributed by atoms with Gasteiger partial charge < -0.3 is 19.7 Å². The summed E-state index contributed by atoms with van der Waals surface area (Å²) in [7, 11) is 1.51. The van der Waals surface area contributed by atoms with Gasteiger partial charge in [-0.3, -0.25) is 14.4 Å². The number of carboxylic acid groups (broad SMARTS) is 1. The molecule has 0 radical (unpaired) electrons. The van der Waals surface area contributed by atoms with Crippen molar-refractivity contribution in [2.45, 2.75) is 25.3 Å². The predicted octanol–water partition coefficient (Wildman–Crippen LogP) is 1.48. The Morgan fingerprint density at radius 1 is 1.41 bits per heavy atom. The molecule has 22 heavy (non-hydrogen) atoms. The van der Waals surface area contributed by atoms with Gasteiger partial charge in [0.05, 0.1) is 12.5 Å². The van der Waals surface area contributed by atoms with Crippen molar-refractivity contribution >= 4 is 33.7 Å². The molecule has 0 spiro atoms. The second kappa shape index (κ2) is 6.95. The maximum absolute atomic E-state index is 12.0. The van der Waals surface area contributed by atoms with E-state index in [-0.39, 0.29) is 24.3 Å². The van der Waals surface area contributed by atoms with Crippen LogP contribution >= 0.6 is 15.9 Å². The van der Waals surface area contributed by atoms with Gasteiger partial charge in [0, 0.05) is 13.1 Å². The Morgan fingerprint density at radius 2 is 2.14 bits per heavy atom. The van der Waals surface area contributed by atoms with Crippen LogP contribution in [0.4, 0.5) is 0 Å². The van der Waals surface area contributed by atoms with Crippen LogP contribution in [0, 0.1) is 5.92 Å². The Hall–Kier alpha value is -1.83. The first-order valence-electron chi connectivity index (χ1n) is 6.89. The van der Waals surface area contributed by atoms with Crippen molar-refractivity contribution in [3.63, 3.8) is 0 Å². The molecule has 2 N–H and O–H groups in total. The largest absolute Gasteiger partial charge is 0.481 e. The number of nitrogens with zero attached hydrogens (tertiary/aromatic N) is 1. The molecule has 0 aromatic carbocycles. The monoisotopic (exact) mass is 372 g/mol. The van der Waals surface area contributed by atoms with Crippen molar-refractivity contribution < 1.29 is 23.9 Å². The van der Waals surface area contributed by atoms with Gasteiger partial charge in [0.1, 0.15) is 0 Å². The fraction of sp³-hybridized carbons (Fsp3) is 0.500. The molecule has 120 valence electrons. The number of carboxylic acids is 1. The fourth-order valence-electron chi connectivity index (χ4n) is 2.51. The van der Waals surface area contributed by atoms with Crippen LogP contribution in [0.1, 0.15) is 29.8 Å². The molecule has 0 unspecified atom stereocenters. The zero-order chi connectivity index (χ0) is 16.3. The molecule has 1 aromatic rings. The minimum absolute atomic E-state index is 0.106. The molecule has 1 saturated carbocycles. The van der Waals surface area contributed by atoms with Gasteiger partial charge in [-0.1, -0.05) is 0 Å². The number of aliphatic carboxylic acids is 1. The van der Waals surface area contributed by atoms with Gasteiger partial charge in [-0.25, -0.2) is 0 Å². The van der Waals surface area contributed by atoms with E-state index in [0.29, 0.717) is 23.9 Å². The van der Waals surface area contributed by atoms with Crippen molar-refractivity contribution in [2.24, 2.45) is 5.92 Å². The summed E-state index contributed by atoms with van der Waals surface area (Å²) in [5.41, 5.74) is 0. The number of furan rings is 1. The quantitative estimate of drug-likeness (QED) is 0.815. The van der Waals surface area contributed by atoms with Crippen molar-refractivity contribution in [1.82, 2.24) is 10.2 Å². The van der Waals surface area contributed by atoms with Gasteiger partial charge in [-0.15, -0.1) is 0 Å². The van der Waals surface area contributed by atoms with Gasteiger partial charge >= 0.3 is 5.97 Å². The normalized spacial score (nSPS) is 20.6. The highest BCUT2D eigenvalue weighted by Crippen LogP contribution is 2.25. The van der Waals surface area contributed by atoms with Crippen LogP contribution in [0.25, 0.3) is 0 Å². The summed E-state index contributed by atoms with van der Waals surface area (Å²) in [5.74, 6) is -1.78. The first kappa shape index (κ1) is 16.5. The number of carbonyl (C=O) groups is 3. The predicted molar refractivity (Wildman–Crippen MR) is 80.3 cm³/mol. The van der Waals surface area contributed by atoms with Crippen LogP contribution in [0.5, 0.6) is 0 Å². The zero-order valence-corrected chi connectivity index (χ0v) is 13.6. The second-order valence-corrected chi connectivity index (χ2v) is 6.16. The number of likely N-dealkylation sites (N-methyl/N-ethyl adjacent to an activating group) is 1. The lowest BCUT2D eigenvalue weighted by molar-refractivity contribution is -0.141. The lowest BCUT2D eigenvalue weighted by Gasteiger charge is -2.18. The average Bonchev–Trinajstić information content (AvgIpc) is 3.06. The van der Waals surface area contributed by atoms with E-state index in [0.717, 1.165) is 0 Å². The Morgan fingerprint density at radius 3 is 2.68 bits per heavy atom. The first-order chi connectivity index (χ1) is 10.4. The number of hydrogen-bond donors (Lipinski definition) is 2. The number of amides is 2. The second-order valence-electron chi connectivity index (χ2n) is 5.38. The third-order valence-electron chi connectivity index (χ3n) is 3.66. The van der Waals surface area contributed by atoms with E-state index in [1.54, 1.807) is 6.07 Å². The highest BCUT2D eigenvalue weighted by Gasteiger charge is 2.30. The van der Waals surface area contributed by atoms with Crippen LogP contribution in [0.15, 0.2) is 21.2 Å². The molecule has 7 nitrogen and oxygen atoms in total. The minimum atomic E-state index is -0.826. The summed E-state index contributed by atoms with van der Waals surface area (Å²) in [6, 6.07) is 2.98. The Kier molecular flexibility index (Phi) is 5.23. The van der Waals surface area contributed by atoms with E-state index in [9.17, 15) is 14.4 Å². The summed E-state index contributed by atoms with van der Waals surface area (Å²) in [6.45, 7) is -0.106. The number of nitrogens with one attached hydrogen (secondary N) is 1. The molecular weight excluding hydrogens is 356 g/mol. The molecule has 2 atom stereocenters.